The highest BCUT2D eigenvalue weighted by molar-refractivity contribution is 5.47. The summed E-state index contributed by atoms with van der Waals surface area (Å²) >= 11 is 0. The summed E-state index contributed by atoms with van der Waals surface area (Å²) in [7, 11) is 0. The first kappa shape index (κ1) is 11.7. The van der Waals surface area contributed by atoms with Crippen molar-refractivity contribution in [2.24, 2.45) is 5.92 Å². The molecule has 1 aromatic carbocycles. The molecule has 1 heterocycles. The van der Waals surface area contributed by atoms with Crippen LogP contribution in [0.2, 0.25) is 0 Å². The lowest BCUT2D eigenvalue weighted by Gasteiger charge is -2.34. The Bertz CT molecular complexity index is 483. The van der Waals surface area contributed by atoms with Crippen molar-refractivity contribution in [2.45, 2.75) is 38.8 Å². The van der Waals surface area contributed by atoms with E-state index in [0.29, 0.717) is 11.7 Å². The molecule has 0 aromatic heterocycles. The van der Waals surface area contributed by atoms with Crippen molar-refractivity contribution in [2.75, 3.05) is 6.54 Å². The molecule has 0 saturated heterocycles. The number of nitrogens with zero attached hydrogens (tertiary/aromatic N) is 2. The molecule has 96 valence electrons. The quantitative estimate of drug-likeness (QED) is 0.608. The Morgan fingerprint density at radius 3 is 2.89 bits per heavy atom. The molecule has 4 nitrogen and oxygen atoms in total. The van der Waals surface area contributed by atoms with Crippen LogP contribution in [0.5, 0.6) is 0 Å². The van der Waals surface area contributed by atoms with E-state index in [2.05, 4.69) is 11.8 Å². The predicted molar refractivity (Wildman–Crippen MR) is 69.4 cm³/mol. The van der Waals surface area contributed by atoms with Gasteiger partial charge < -0.3 is 0 Å². The van der Waals surface area contributed by atoms with Gasteiger partial charge in [0.05, 0.1) is 4.92 Å². The third kappa shape index (κ3) is 2.12. The van der Waals surface area contributed by atoms with E-state index in [1.54, 1.807) is 6.07 Å². The number of benzene rings is 1. The number of hydrogen-bond donors (Lipinski definition) is 0. The molecule has 1 aliphatic carbocycles. The number of nitro benzene ring substituents is 1. The van der Waals surface area contributed by atoms with Crippen LogP contribution in [0, 0.1) is 16.0 Å². The Morgan fingerprint density at radius 2 is 2.22 bits per heavy atom. The van der Waals surface area contributed by atoms with Crippen LogP contribution in [0.25, 0.3) is 0 Å². The minimum absolute atomic E-state index is 0.248. The zero-order valence-corrected chi connectivity index (χ0v) is 10.6. The second-order valence-electron chi connectivity index (χ2n) is 5.60. The van der Waals surface area contributed by atoms with Gasteiger partial charge in [0.1, 0.15) is 0 Å². The highest BCUT2D eigenvalue weighted by atomic mass is 16.6. The van der Waals surface area contributed by atoms with Crippen molar-refractivity contribution in [3.05, 3.63) is 39.4 Å². The van der Waals surface area contributed by atoms with Gasteiger partial charge in [-0.2, -0.15) is 0 Å². The molecule has 1 saturated carbocycles. The first-order chi connectivity index (χ1) is 8.65. The smallest absolute Gasteiger partial charge is 0.272 e. The van der Waals surface area contributed by atoms with Gasteiger partial charge in [0.25, 0.3) is 5.69 Å². The van der Waals surface area contributed by atoms with Crippen LogP contribution < -0.4 is 0 Å². The molecule has 2 aliphatic rings. The van der Waals surface area contributed by atoms with Gasteiger partial charge in [-0.3, -0.25) is 15.0 Å². The molecule has 1 fully saturated rings. The summed E-state index contributed by atoms with van der Waals surface area (Å²) in [6, 6.07) is 5.89. The summed E-state index contributed by atoms with van der Waals surface area (Å²) < 4.78 is 0. The van der Waals surface area contributed by atoms with Crippen molar-refractivity contribution in [1.29, 1.82) is 0 Å². The van der Waals surface area contributed by atoms with Crippen LogP contribution in [-0.4, -0.2) is 22.4 Å². The average molecular weight is 246 g/mol. The van der Waals surface area contributed by atoms with Crippen LogP contribution in [0.1, 0.15) is 30.9 Å². The normalized spacial score (nSPS) is 23.7. The zero-order valence-electron chi connectivity index (χ0n) is 10.6. The number of fused-ring (bicyclic) bond motifs is 1. The number of hydrogen-bond acceptors (Lipinski definition) is 3. The minimum Gasteiger partial charge on any atom is -0.296 e. The molecule has 0 N–H and O–H groups in total. The van der Waals surface area contributed by atoms with Gasteiger partial charge in [0.2, 0.25) is 0 Å². The van der Waals surface area contributed by atoms with Crippen LogP contribution in [-0.2, 0) is 13.0 Å². The topological polar surface area (TPSA) is 46.4 Å². The first-order valence-electron chi connectivity index (χ1n) is 6.64. The molecule has 18 heavy (non-hydrogen) atoms. The molecule has 3 rings (SSSR count). The molecule has 4 heteroatoms. The number of nitro groups is 1. The summed E-state index contributed by atoms with van der Waals surface area (Å²) in [5.74, 6) is 0.868. The summed E-state index contributed by atoms with van der Waals surface area (Å²) in [6.07, 6.45) is 3.51. The van der Waals surface area contributed by atoms with E-state index in [0.717, 1.165) is 36.6 Å². The molecule has 1 aromatic rings. The van der Waals surface area contributed by atoms with Crippen molar-refractivity contribution in [1.82, 2.24) is 4.90 Å². The van der Waals surface area contributed by atoms with Gasteiger partial charge >= 0.3 is 0 Å². The van der Waals surface area contributed by atoms with Gasteiger partial charge in [0, 0.05) is 30.8 Å². The standard InChI is InChI=1S/C14H18N2O2/c1-10-7-13-12(3-2-4-14(13)16(17)18)9-15(10)8-11-5-6-11/h2-4,10-11H,5-9H2,1H3. The van der Waals surface area contributed by atoms with Gasteiger partial charge in [-0.25, -0.2) is 0 Å². The lowest BCUT2D eigenvalue weighted by Crippen LogP contribution is -2.39. The molecular weight excluding hydrogens is 228 g/mol. The Balaban J connectivity index is 1.87. The van der Waals surface area contributed by atoms with Crippen LogP contribution in [0.15, 0.2) is 18.2 Å². The average Bonchev–Trinajstić information content (AvgIpc) is 3.13. The highest BCUT2D eigenvalue weighted by Gasteiger charge is 2.32. The van der Waals surface area contributed by atoms with E-state index < -0.39 is 0 Å². The van der Waals surface area contributed by atoms with Gasteiger partial charge in [-0.15, -0.1) is 0 Å². The zero-order chi connectivity index (χ0) is 12.7. The molecule has 0 spiro atoms. The van der Waals surface area contributed by atoms with E-state index in [9.17, 15) is 10.1 Å². The lowest BCUT2D eigenvalue weighted by molar-refractivity contribution is -0.385. The maximum Gasteiger partial charge on any atom is 0.272 e. The molecule has 1 aliphatic heterocycles. The molecule has 0 radical (unpaired) electrons. The predicted octanol–water partition coefficient (Wildman–Crippen LogP) is 2.75. The lowest BCUT2D eigenvalue weighted by atomic mass is 9.93. The second kappa shape index (κ2) is 4.35. The number of rotatable bonds is 3. The summed E-state index contributed by atoms with van der Waals surface area (Å²) in [5.41, 5.74) is 2.38. The third-order valence-electron chi connectivity index (χ3n) is 4.13. The van der Waals surface area contributed by atoms with Gasteiger partial charge in [0.15, 0.2) is 0 Å². The minimum atomic E-state index is -0.248. The molecule has 1 unspecified atom stereocenters. The first-order valence-corrected chi connectivity index (χ1v) is 6.64. The maximum atomic E-state index is 11.0. The van der Waals surface area contributed by atoms with Crippen LogP contribution in [0.3, 0.4) is 0 Å². The van der Waals surface area contributed by atoms with Crippen molar-refractivity contribution < 1.29 is 4.92 Å². The Hall–Kier alpha value is -1.42. The Kier molecular flexibility index (Phi) is 2.82. The second-order valence-corrected chi connectivity index (χ2v) is 5.60. The fourth-order valence-corrected chi connectivity index (χ4v) is 2.85. The van der Waals surface area contributed by atoms with E-state index in [1.165, 1.54) is 12.8 Å². The highest BCUT2D eigenvalue weighted by Crippen LogP contribution is 2.35. The maximum absolute atomic E-state index is 11.0. The van der Waals surface area contributed by atoms with E-state index in [4.69, 9.17) is 0 Å². The fraction of sp³-hybridized carbons (Fsp3) is 0.571. The summed E-state index contributed by atoms with van der Waals surface area (Å²) in [5, 5.41) is 11.0. The van der Waals surface area contributed by atoms with Crippen molar-refractivity contribution >= 4 is 5.69 Å². The Morgan fingerprint density at radius 1 is 1.44 bits per heavy atom. The monoisotopic (exact) mass is 246 g/mol. The molecule has 0 amide bonds. The van der Waals surface area contributed by atoms with Crippen molar-refractivity contribution in [3.8, 4) is 0 Å². The summed E-state index contributed by atoms with van der Waals surface area (Å²) in [6.45, 7) is 4.21. The van der Waals surface area contributed by atoms with Crippen LogP contribution in [0.4, 0.5) is 5.69 Å². The Labute approximate surface area is 107 Å². The largest absolute Gasteiger partial charge is 0.296 e. The summed E-state index contributed by atoms with van der Waals surface area (Å²) in [4.78, 5) is 13.3. The van der Waals surface area contributed by atoms with E-state index in [-0.39, 0.29) is 4.92 Å². The molecular formula is C14H18N2O2. The molecule has 1 atom stereocenters. The van der Waals surface area contributed by atoms with Crippen molar-refractivity contribution in [3.63, 3.8) is 0 Å². The fourth-order valence-electron chi connectivity index (χ4n) is 2.85. The van der Waals surface area contributed by atoms with E-state index >= 15 is 0 Å². The third-order valence-corrected chi connectivity index (χ3v) is 4.13. The van der Waals surface area contributed by atoms with E-state index in [1.807, 2.05) is 12.1 Å². The van der Waals surface area contributed by atoms with Gasteiger partial charge in [-0.05, 0) is 37.7 Å². The van der Waals surface area contributed by atoms with Gasteiger partial charge in [-0.1, -0.05) is 12.1 Å². The van der Waals surface area contributed by atoms with Crippen LogP contribution >= 0.6 is 0 Å². The SMILES string of the molecule is CC1Cc2c(cccc2[N+](=O)[O-])CN1CC1CC1. The molecule has 0 bridgehead atoms.